The van der Waals surface area contributed by atoms with Gasteiger partial charge >= 0.3 is 5.97 Å². The van der Waals surface area contributed by atoms with Gasteiger partial charge in [0, 0.05) is 5.56 Å². The molecule has 0 radical (unpaired) electrons. The van der Waals surface area contributed by atoms with Crippen LogP contribution in [-0.2, 0) is 16.0 Å². The Morgan fingerprint density at radius 1 is 1.14 bits per heavy atom. The maximum atomic E-state index is 11.3. The molecule has 0 N–H and O–H groups in total. The predicted molar refractivity (Wildman–Crippen MR) is 88.3 cm³/mol. The second-order valence-electron chi connectivity index (χ2n) is 4.47. The maximum Gasteiger partial charge on any atom is 0.309 e. The fourth-order valence-electron chi connectivity index (χ4n) is 1.98. The molecule has 0 saturated heterocycles. The summed E-state index contributed by atoms with van der Waals surface area (Å²) in [4.78, 5) is 11.3. The number of hydrogen-bond donors (Lipinski definition) is 0. The van der Waals surface area contributed by atoms with Gasteiger partial charge in [-0.25, -0.2) is 0 Å². The minimum atomic E-state index is -0.229. The zero-order chi connectivity index (χ0) is 15.1. The summed E-state index contributed by atoms with van der Waals surface area (Å²) in [6, 6.07) is 16.0. The summed E-state index contributed by atoms with van der Waals surface area (Å²) in [5.41, 5.74) is 4.12. The first kappa shape index (κ1) is 15.3. The molecule has 0 saturated carbocycles. The van der Waals surface area contributed by atoms with Crippen LogP contribution in [0.25, 0.3) is 11.1 Å². The number of carbonyl (C=O) groups excluding carboxylic acids is 1. The number of alkyl halides is 1. The van der Waals surface area contributed by atoms with Crippen molar-refractivity contribution in [3.05, 3.63) is 59.7 Å². The molecule has 0 fully saturated rings. The SMILES string of the molecule is COC(=O)Cc1cccc(-c2ccc(C#CCBr)cc2)c1. The first-order chi connectivity index (χ1) is 10.2. The number of ether oxygens (including phenoxy) is 1. The first-order valence-corrected chi connectivity index (χ1v) is 7.66. The molecule has 2 aromatic rings. The van der Waals surface area contributed by atoms with E-state index in [0.29, 0.717) is 11.8 Å². The molecule has 0 heterocycles. The standard InChI is InChI=1S/C18H15BrO2/c1-21-18(20)13-15-4-2-6-17(12-15)16-9-7-14(8-10-16)5-3-11-19/h2,4,6-10,12H,11,13H2,1H3. The molecule has 2 rings (SSSR count). The monoisotopic (exact) mass is 342 g/mol. The van der Waals surface area contributed by atoms with Crippen molar-refractivity contribution < 1.29 is 9.53 Å². The number of carbonyl (C=O) groups is 1. The highest BCUT2D eigenvalue weighted by molar-refractivity contribution is 9.09. The Bertz CT molecular complexity index is 678. The molecule has 3 heteroatoms. The Balaban J connectivity index is 2.21. The molecular formula is C18H15BrO2. The largest absolute Gasteiger partial charge is 0.469 e. The van der Waals surface area contributed by atoms with Crippen LogP contribution in [0.4, 0.5) is 0 Å². The fourth-order valence-corrected chi connectivity index (χ4v) is 2.12. The lowest BCUT2D eigenvalue weighted by molar-refractivity contribution is -0.139. The number of rotatable bonds is 3. The number of halogens is 1. The molecule has 0 aliphatic carbocycles. The summed E-state index contributed by atoms with van der Waals surface area (Å²) in [6.45, 7) is 0. The van der Waals surface area contributed by atoms with Gasteiger partial charge in [-0.3, -0.25) is 4.79 Å². The van der Waals surface area contributed by atoms with Gasteiger partial charge < -0.3 is 4.74 Å². The van der Waals surface area contributed by atoms with Crippen molar-refractivity contribution in [1.29, 1.82) is 0 Å². The summed E-state index contributed by atoms with van der Waals surface area (Å²) < 4.78 is 4.69. The average molecular weight is 343 g/mol. The molecule has 0 amide bonds. The Hall–Kier alpha value is -2.05. The van der Waals surface area contributed by atoms with E-state index < -0.39 is 0 Å². The van der Waals surface area contributed by atoms with Gasteiger partial charge in [-0.15, -0.1) is 0 Å². The van der Waals surface area contributed by atoms with Gasteiger partial charge in [-0.1, -0.05) is 64.2 Å². The minimum Gasteiger partial charge on any atom is -0.469 e. The van der Waals surface area contributed by atoms with Crippen molar-refractivity contribution >= 4 is 21.9 Å². The van der Waals surface area contributed by atoms with Gasteiger partial charge in [0.2, 0.25) is 0 Å². The topological polar surface area (TPSA) is 26.3 Å². The van der Waals surface area contributed by atoms with E-state index in [4.69, 9.17) is 4.74 Å². The average Bonchev–Trinajstić information content (AvgIpc) is 2.53. The molecule has 0 aromatic heterocycles. The summed E-state index contributed by atoms with van der Waals surface area (Å²) in [5, 5.41) is 0.671. The van der Waals surface area contributed by atoms with Crippen molar-refractivity contribution in [2.75, 3.05) is 12.4 Å². The van der Waals surface area contributed by atoms with Gasteiger partial charge in [0.05, 0.1) is 18.9 Å². The van der Waals surface area contributed by atoms with E-state index in [-0.39, 0.29) is 5.97 Å². The second-order valence-corrected chi connectivity index (χ2v) is 5.03. The van der Waals surface area contributed by atoms with Crippen LogP contribution < -0.4 is 0 Å². The lowest BCUT2D eigenvalue weighted by atomic mass is 10.0. The zero-order valence-electron chi connectivity index (χ0n) is 11.7. The third-order valence-corrected chi connectivity index (χ3v) is 3.30. The zero-order valence-corrected chi connectivity index (χ0v) is 13.3. The Morgan fingerprint density at radius 3 is 2.57 bits per heavy atom. The summed E-state index contributed by atoms with van der Waals surface area (Å²) in [6.07, 6.45) is 0.291. The number of methoxy groups -OCH3 is 1. The highest BCUT2D eigenvalue weighted by Gasteiger charge is 2.04. The van der Waals surface area contributed by atoms with Crippen LogP contribution >= 0.6 is 15.9 Å². The summed E-state index contributed by atoms with van der Waals surface area (Å²) >= 11 is 3.28. The van der Waals surface area contributed by atoms with Gasteiger partial charge in [0.1, 0.15) is 0 Å². The molecular weight excluding hydrogens is 328 g/mol. The van der Waals surface area contributed by atoms with Gasteiger partial charge in [0.25, 0.3) is 0 Å². The quantitative estimate of drug-likeness (QED) is 0.481. The number of hydrogen-bond acceptors (Lipinski definition) is 2. The van der Waals surface area contributed by atoms with E-state index in [2.05, 4.69) is 27.8 Å². The third kappa shape index (κ3) is 4.47. The number of benzene rings is 2. The maximum absolute atomic E-state index is 11.3. The lowest BCUT2D eigenvalue weighted by Crippen LogP contribution is -2.04. The van der Waals surface area contributed by atoms with E-state index in [0.717, 1.165) is 22.3 Å². The smallest absolute Gasteiger partial charge is 0.309 e. The second kappa shape index (κ2) is 7.66. The molecule has 0 aliphatic rings. The van der Waals surface area contributed by atoms with E-state index in [1.165, 1.54) is 7.11 Å². The third-order valence-electron chi connectivity index (χ3n) is 3.02. The van der Waals surface area contributed by atoms with Crippen molar-refractivity contribution in [3.8, 4) is 23.0 Å². The van der Waals surface area contributed by atoms with Crippen molar-refractivity contribution in [1.82, 2.24) is 0 Å². The van der Waals surface area contributed by atoms with E-state index in [9.17, 15) is 4.79 Å². The van der Waals surface area contributed by atoms with Crippen LogP contribution in [0.2, 0.25) is 0 Å². The van der Waals surface area contributed by atoms with E-state index in [1.54, 1.807) is 0 Å². The first-order valence-electron chi connectivity index (χ1n) is 6.54. The Morgan fingerprint density at radius 2 is 1.90 bits per heavy atom. The highest BCUT2D eigenvalue weighted by atomic mass is 79.9. The van der Waals surface area contributed by atoms with Gasteiger partial charge in [0.15, 0.2) is 0 Å². The molecule has 2 nitrogen and oxygen atoms in total. The summed E-state index contributed by atoms with van der Waals surface area (Å²) in [7, 11) is 1.40. The van der Waals surface area contributed by atoms with Crippen molar-refractivity contribution in [2.45, 2.75) is 6.42 Å². The van der Waals surface area contributed by atoms with Crippen LogP contribution in [0, 0.1) is 11.8 Å². The predicted octanol–water partition coefficient (Wildman–Crippen LogP) is 3.82. The van der Waals surface area contributed by atoms with E-state index >= 15 is 0 Å². The highest BCUT2D eigenvalue weighted by Crippen LogP contribution is 2.21. The lowest BCUT2D eigenvalue weighted by Gasteiger charge is -2.05. The van der Waals surface area contributed by atoms with Crippen LogP contribution in [0.3, 0.4) is 0 Å². The Kier molecular flexibility index (Phi) is 5.59. The summed E-state index contributed by atoms with van der Waals surface area (Å²) in [5.74, 6) is 5.81. The molecule has 2 aromatic carbocycles. The molecule has 0 unspecified atom stereocenters. The fraction of sp³-hybridized carbons (Fsp3) is 0.167. The van der Waals surface area contributed by atoms with Gasteiger partial charge in [-0.2, -0.15) is 0 Å². The normalized spacial score (nSPS) is 9.62. The molecule has 106 valence electrons. The van der Waals surface area contributed by atoms with Crippen LogP contribution in [0.15, 0.2) is 48.5 Å². The van der Waals surface area contributed by atoms with Crippen LogP contribution in [0.1, 0.15) is 11.1 Å². The van der Waals surface area contributed by atoms with E-state index in [1.807, 2.05) is 48.5 Å². The van der Waals surface area contributed by atoms with Crippen LogP contribution in [0.5, 0.6) is 0 Å². The molecule has 0 atom stereocenters. The Labute approximate surface area is 133 Å². The minimum absolute atomic E-state index is 0.229. The van der Waals surface area contributed by atoms with Crippen molar-refractivity contribution in [2.24, 2.45) is 0 Å². The number of esters is 1. The van der Waals surface area contributed by atoms with Crippen molar-refractivity contribution in [3.63, 3.8) is 0 Å². The van der Waals surface area contributed by atoms with Crippen LogP contribution in [-0.4, -0.2) is 18.4 Å². The molecule has 21 heavy (non-hydrogen) atoms. The molecule has 0 bridgehead atoms. The molecule has 0 spiro atoms. The van der Waals surface area contributed by atoms with Gasteiger partial charge in [-0.05, 0) is 28.8 Å². The molecule has 0 aliphatic heterocycles.